The van der Waals surface area contributed by atoms with E-state index >= 15 is 0 Å². The van der Waals surface area contributed by atoms with Gasteiger partial charge in [-0.1, -0.05) is 23.8 Å². The SMILES string of the molecule is COc1ccc(C)cc1CC(=O)Cc1cccs1. The lowest BCUT2D eigenvalue weighted by Crippen LogP contribution is -2.07. The van der Waals surface area contributed by atoms with E-state index < -0.39 is 0 Å². The van der Waals surface area contributed by atoms with Crippen molar-refractivity contribution in [3.8, 4) is 5.75 Å². The summed E-state index contributed by atoms with van der Waals surface area (Å²) in [6.07, 6.45) is 0.942. The molecule has 0 bridgehead atoms. The minimum Gasteiger partial charge on any atom is -0.496 e. The molecule has 1 aromatic heterocycles. The molecule has 2 aromatic rings. The number of methoxy groups -OCH3 is 1. The topological polar surface area (TPSA) is 26.3 Å². The highest BCUT2D eigenvalue weighted by molar-refractivity contribution is 7.10. The van der Waals surface area contributed by atoms with Crippen LogP contribution < -0.4 is 4.74 Å². The summed E-state index contributed by atoms with van der Waals surface area (Å²) in [7, 11) is 1.64. The van der Waals surface area contributed by atoms with Crippen molar-refractivity contribution in [3.05, 3.63) is 51.7 Å². The van der Waals surface area contributed by atoms with Gasteiger partial charge in [0.15, 0.2) is 0 Å². The summed E-state index contributed by atoms with van der Waals surface area (Å²) in [5.41, 5.74) is 2.12. The molecule has 1 heterocycles. The molecule has 0 N–H and O–H groups in total. The summed E-state index contributed by atoms with van der Waals surface area (Å²) in [5, 5.41) is 2.00. The van der Waals surface area contributed by atoms with Gasteiger partial charge in [-0.3, -0.25) is 4.79 Å². The molecular formula is C15H16O2S. The Bertz CT molecular complexity index is 529. The summed E-state index contributed by atoms with van der Waals surface area (Å²) >= 11 is 1.62. The maximum Gasteiger partial charge on any atom is 0.142 e. The molecule has 0 saturated heterocycles. The monoisotopic (exact) mass is 260 g/mol. The first-order valence-corrected chi connectivity index (χ1v) is 6.74. The van der Waals surface area contributed by atoms with Crippen molar-refractivity contribution in [1.29, 1.82) is 0 Å². The van der Waals surface area contributed by atoms with E-state index in [9.17, 15) is 4.79 Å². The average molecular weight is 260 g/mol. The Morgan fingerprint density at radius 2 is 2.11 bits per heavy atom. The highest BCUT2D eigenvalue weighted by Gasteiger charge is 2.10. The molecule has 0 atom stereocenters. The predicted molar refractivity (Wildman–Crippen MR) is 74.5 cm³/mol. The molecule has 94 valence electrons. The smallest absolute Gasteiger partial charge is 0.142 e. The molecular weight excluding hydrogens is 244 g/mol. The minimum absolute atomic E-state index is 0.223. The highest BCUT2D eigenvalue weighted by Crippen LogP contribution is 2.21. The van der Waals surface area contributed by atoms with Crippen LogP contribution in [-0.4, -0.2) is 12.9 Å². The van der Waals surface area contributed by atoms with Gasteiger partial charge in [-0.2, -0.15) is 0 Å². The first kappa shape index (κ1) is 12.8. The second kappa shape index (κ2) is 5.83. The maximum atomic E-state index is 12.0. The largest absolute Gasteiger partial charge is 0.496 e. The lowest BCUT2D eigenvalue weighted by Gasteiger charge is -2.08. The second-order valence-electron chi connectivity index (χ2n) is 4.29. The third kappa shape index (κ3) is 3.20. The van der Waals surface area contributed by atoms with E-state index in [1.54, 1.807) is 18.4 Å². The van der Waals surface area contributed by atoms with Crippen LogP contribution in [-0.2, 0) is 17.6 Å². The van der Waals surface area contributed by atoms with Crippen LogP contribution >= 0.6 is 11.3 Å². The van der Waals surface area contributed by atoms with Gasteiger partial charge in [-0.05, 0) is 24.4 Å². The number of carbonyl (C=O) groups is 1. The molecule has 0 amide bonds. The Hall–Kier alpha value is -1.61. The van der Waals surface area contributed by atoms with Crippen molar-refractivity contribution in [2.45, 2.75) is 19.8 Å². The van der Waals surface area contributed by atoms with E-state index in [0.29, 0.717) is 12.8 Å². The number of ketones is 1. The van der Waals surface area contributed by atoms with Gasteiger partial charge in [0.25, 0.3) is 0 Å². The molecule has 0 aliphatic carbocycles. The van der Waals surface area contributed by atoms with Gasteiger partial charge in [0.2, 0.25) is 0 Å². The van der Waals surface area contributed by atoms with Crippen molar-refractivity contribution in [2.24, 2.45) is 0 Å². The average Bonchev–Trinajstić information content (AvgIpc) is 2.82. The lowest BCUT2D eigenvalue weighted by atomic mass is 10.0. The number of rotatable bonds is 5. The summed E-state index contributed by atoms with van der Waals surface area (Å²) in [4.78, 5) is 13.1. The van der Waals surface area contributed by atoms with Gasteiger partial charge in [-0.15, -0.1) is 11.3 Å². The lowest BCUT2D eigenvalue weighted by molar-refractivity contribution is -0.117. The molecule has 2 nitrogen and oxygen atoms in total. The van der Waals surface area contributed by atoms with E-state index in [1.807, 2.05) is 42.6 Å². The van der Waals surface area contributed by atoms with Crippen LogP contribution in [0, 0.1) is 6.92 Å². The Morgan fingerprint density at radius 1 is 1.28 bits per heavy atom. The van der Waals surface area contributed by atoms with Gasteiger partial charge < -0.3 is 4.74 Å². The summed E-state index contributed by atoms with van der Waals surface area (Å²) < 4.78 is 5.29. The maximum absolute atomic E-state index is 12.0. The number of thiophene rings is 1. The molecule has 3 heteroatoms. The number of hydrogen-bond acceptors (Lipinski definition) is 3. The molecule has 0 fully saturated rings. The third-order valence-corrected chi connectivity index (χ3v) is 3.65. The van der Waals surface area contributed by atoms with E-state index in [4.69, 9.17) is 4.74 Å². The van der Waals surface area contributed by atoms with Gasteiger partial charge in [0, 0.05) is 23.3 Å². The Morgan fingerprint density at radius 3 is 2.78 bits per heavy atom. The third-order valence-electron chi connectivity index (χ3n) is 2.78. The van der Waals surface area contributed by atoms with Gasteiger partial charge >= 0.3 is 0 Å². The number of benzene rings is 1. The molecule has 0 saturated carbocycles. The zero-order valence-corrected chi connectivity index (χ0v) is 11.4. The van der Waals surface area contributed by atoms with Crippen LogP contribution in [0.1, 0.15) is 16.0 Å². The first-order chi connectivity index (χ1) is 8.69. The van der Waals surface area contributed by atoms with E-state index in [0.717, 1.165) is 21.8 Å². The molecule has 0 aliphatic rings. The standard InChI is InChI=1S/C15H16O2S/c1-11-5-6-15(17-2)12(8-11)9-13(16)10-14-4-3-7-18-14/h3-8H,9-10H2,1-2H3. The van der Waals surface area contributed by atoms with Crippen LogP contribution in [0.2, 0.25) is 0 Å². The number of carbonyl (C=O) groups excluding carboxylic acids is 1. The fourth-order valence-electron chi connectivity index (χ4n) is 1.93. The number of Topliss-reactive ketones (excluding diaryl/α,β-unsaturated/α-hetero) is 1. The second-order valence-corrected chi connectivity index (χ2v) is 5.32. The Kier molecular flexibility index (Phi) is 4.15. The zero-order valence-electron chi connectivity index (χ0n) is 10.6. The molecule has 0 unspecified atom stereocenters. The van der Waals surface area contributed by atoms with Crippen LogP contribution in [0.3, 0.4) is 0 Å². The van der Waals surface area contributed by atoms with E-state index in [2.05, 4.69) is 0 Å². The number of aryl methyl sites for hydroxylation is 1. The molecule has 1 aromatic carbocycles. The van der Waals surface area contributed by atoms with Crippen molar-refractivity contribution in [1.82, 2.24) is 0 Å². The van der Waals surface area contributed by atoms with Gasteiger partial charge in [0.1, 0.15) is 11.5 Å². The van der Waals surface area contributed by atoms with Gasteiger partial charge in [0.05, 0.1) is 7.11 Å². The van der Waals surface area contributed by atoms with Crippen molar-refractivity contribution in [2.75, 3.05) is 7.11 Å². The van der Waals surface area contributed by atoms with Crippen molar-refractivity contribution < 1.29 is 9.53 Å². The van der Waals surface area contributed by atoms with Gasteiger partial charge in [-0.25, -0.2) is 0 Å². The fraction of sp³-hybridized carbons (Fsp3) is 0.267. The predicted octanol–water partition coefficient (Wildman–Crippen LogP) is 3.42. The molecule has 2 rings (SSSR count). The number of hydrogen-bond donors (Lipinski definition) is 0. The van der Waals surface area contributed by atoms with Crippen LogP contribution in [0.15, 0.2) is 35.7 Å². The molecule has 0 spiro atoms. The van der Waals surface area contributed by atoms with E-state index in [-0.39, 0.29) is 5.78 Å². The van der Waals surface area contributed by atoms with Crippen LogP contribution in [0.4, 0.5) is 0 Å². The summed E-state index contributed by atoms with van der Waals surface area (Å²) in [5.74, 6) is 1.02. The first-order valence-electron chi connectivity index (χ1n) is 5.86. The normalized spacial score (nSPS) is 10.3. The molecule has 18 heavy (non-hydrogen) atoms. The number of ether oxygens (including phenoxy) is 1. The fourth-order valence-corrected chi connectivity index (χ4v) is 2.66. The van der Waals surface area contributed by atoms with Crippen LogP contribution in [0.5, 0.6) is 5.75 Å². The summed E-state index contributed by atoms with van der Waals surface area (Å²) in [6, 6.07) is 9.90. The van der Waals surface area contributed by atoms with Crippen LogP contribution in [0.25, 0.3) is 0 Å². The Balaban J connectivity index is 2.08. The zero-order chi connectivity index (χ0) is 13.0. The highest BCUT2D eigenvalue weighted by atomic mass is 32.1. The molecule has 0 radical (unpaired) electrons. The molecule has 0 aliphatic heterocycles. The summed E-state index contributed by atoms with van der Waals surface area (Å²) in [6.45, 7) is 2.02. The Labute approximate surface area is 111 Å². The minimum atomic E-state index is 0.223. The van der Waals surface area contributed by atoms with Crippen molar-refractivity contribution >= 4 is 17.1 Å². The quantitative estimate of drug-likeness (QED) is 0.823. The van der Waals surface area contributed by atoms with E-state index in [1.165, 1.54) is 0 Å². The van der Waals surface area contributed by atoms with Crippen molar-refractivity contribution in [3.63, 3.8) is 0 Å².